The predicted molar refractivity (Wildman–Crippen MR) is 79.5 cm³/mol. The van der Waals surface area contributed by atoms with Gasteiger partial charge in [-0.25, -0.2) is 0 Å². The summed E-state index contributed by atoms with van der Waals surface area (Å²) >= 11 is 0. The first-order valence-electron chi connectivity index (χ1n) is 6.73. The van der Waals surface area contributed by atoms with Crippen molar-refractivity contribution in [3.05, 3.63) is 35.5 Å². The summed E-state index contributed by atoms with van der Waals surface area (Å²) in [6.07, 6.45) is 4.99. The molecule has 0 saturated heterocycles. The smallest absolute Gasteiger partial charge is 0.0476 e. The number of nitrogens with one attached hydrogen (secondary N) is 2. The first kappa shape index (κ1) is 13.4. The Morgan fingerprint density at radius 1 is 1.33 bits per heavy atom. The van der Waals surface area contributed by atoms with E-state index in [0.717, 1.165) is 6.54 Å². The lowest BCUT2D eigenvalue weighted by atomic mass is 9.91. The molecule has 98 valence electrons. The van der Waals surface area contributed by atoms with Crippen molar-refractivity contribution in [1.29, 1.82) is 0 Å². The topological polar surface area (TPSA) is 27.8 Å². The Hall–Kier alpha value is -0.990. The Morgan fingerprint density at radius 2 is 2.17 bits per heavy atom. The summed E-state index contributed by atoms with van der Waals surface area (Å²) < 4.78 is 0. The van der Waals surface area contributed by atoms with Gasteiger partial charge in [0.25, 0.3) is 0 Å². The molecule has 1 aromatic heterocycles. The zero-order chi connectivity index (χ0) is 11.7. The van der Waals surface area contributed by atoms with Crippen LogP contribution in [0.5, 0.6) is 0 Å². The first-order valence-corrected chi connectivity index (χ1v) is 6.73. The fourth-order valence-corrected chi connectivity index (χ4v) is 2.94. The number of aryl methyl sites for hydroxylation is 1. The number of hydrogen-bond donors (Lipinski definition) is 2. The number of fused-ring (bicyclic) bond motifs is 3. The summed E-state index contributed by atoms with van der Waals surface area (Å²) in [5.74, 6) is 0. The van der Waals surface area contributed by atoms with E-state index in [4.69, 9.17) is 0 Å². The Kier molecular flexibility index (Phi) is 4.31. The number of para-hydroxylation sites is 1. The second-order valence-electron chi connectivity index (χ2n) is 4.96. The summed E-state index contributed by atoms with van der Waals surface area (Å²) in [6.45, 7) is 3.33. The van der Waals surface area contributed by atoms with Crippen molar-refractivity contribution in [2.24, 2.45) is 0 Å². The van der Waals surface area contributed by atoms with Gasteiger partial charge in [0.05, 0.1) is 0 Å². The van der Waals surface area contributed by atoms with Gasteiger partial charge in [-0.3, -0.25) is 0 Å². The Bertz CT molecular complexity index is 518. The molecule has 1 aliphatic carbocycles. The molecule has 0 aliphatic heterocycles. The molecule has 3 heteroatoms. The predicted octanol–water partition coefficient (Wildman–Crippen LogP) is 3.97. The van der Waals surface area contributed by atoms with Gasteiger partial charge in [0.2, 0.25) is 0 Å². The lowest BCUT2D eigenvalue weighted by Gasteiger charge is -2.23. The molecule has 0 saturated carbocycles. The lowest BCUT2D eigenvalue weighted by molar-refractivity contribution is 0.454. The van der Waals surface area contributed by atoms with Crippen LogP contribution in [0.1, 0.15) is 43.5 Å². The van der Waals surface area contributed by atoms with Crippen molar-refractivity contribution in [2.75, 3.05) is 6.54 Å². The lowest BCUT2D eigenvalue weighted by Crippen LogP contribution is -2.25. The standard InChI is InChI=1S/C15H20N2.ClH/c1-2-10-16-14-9-5-7-12-11-6-3-4-8-13(11)17-15(12)14;/h3-4,6,8,14,16-17H,2,5,7,9-10H2,1H3;1H. The summed E-state index contributed by atoms with van der Waals surface area (Å²) in [7, 11) is 0. The maximum absolute atomic E-state index is 3.66. The molecule has 0 bridgehead atoms. The molecule has 2 aromatic rings. The van der Waals surface area contributed by atoms with Crippen LogP contribution in [0.4, 0.5) is 0 Å². The monoisotopic (exact) mass is 264 g/mol. The largest absolute Gasteiger partial charge is 0.357 e. The Balaban J connectivity index is 0.00000120. The zero-order valence-corrected chi connectivity index (χ0v) is 11.6. The van der Waals surface area contributed by atoms with Gasteiger partial charge in [0, 0.05) is 22.6 Å². The highest BCUT2D eigenvalue weighted by Crippen LogP contribution is 2.34. The van der Waals surface area contributed by atoms with Gasteiger partial charge in [0.15, 0.2) is 0 Å². The van der Waals surface area contributed by atoms with Gasteiger partial charge in [-0.05, 0) is 43.9 Å². The molecule has 3 rings (SSSR count). The van der Waals surface area contributed by atoms with Crippen molar-refractivity contribution in [1.82, 2.24) is 10.3 Å². The third kappa shape index (κ3) is 2.27. The average Bonchev–Trinajstić information content (AvgIpc) is 2.75. The fraction of sp³-hybridized carbons (Fsp3) is 0.467. The third-order valence-electron chi connectivity index (χ3n) is 3.76. The molecule has 1 aromatic carbocycles. The molecule has 0 spiro atoms. The second kappa shape index (κ2) is 5.77. The summed E-state index contributed by atoms with van der Waals surface area (Å²) in [6, 6.07) is 9.21. The van der Waals surface area contributed by atoms with Crippen molar-refractivity contribution in [2.45, 2.75) is 38.6 Å². The molecular formula is C15H21ClN2. The molecule has 1 unspecified atom stereocenters. The van der Waals surface area contributed by atoms with E-state index in [1.54, 1.807) is 5.56 Å². The second-order valence-corrected chi connectivity index (χ2v) is 4.96. The number of halogens is 1. The Labute approximate surface area is 115 Å². The number of hydrogen-bond acceptors (Lipinski definition) is 1. The van der Waals surface area contributed by atoms with Crippen LogP contribution in [0.2, 0.25) is 0 Å². The van der Waals surface area contributed by atoms with Gasteiger partial charge in [0.1, 0.15) is 0 Å². The zero-order valence-electron chi connectivity index (χ0n) is 10.8. The number of benzene rings is 1. The SMILES string of the molecule is CCCNC1CCCc2c1[nH]c1ccccc21.Cl. The third-order valence-corrected chi connectivity index (χ3v) is 3.76. The van der Waals surface area contributed by atoms with E-state index in [2.05, 4.69) is 41.5 Å². The van der Waals surface area contributed by atoms with Crippen molar-refractivity contribution >= 4 is 23.3 Å². The van der Waals surface area contributed by atoms with Crippen LogP contribution in [0.3, 0.4) is 0 Å². The number of H-pyrrole nitrogens is 1. The maximum atomic E-state index is 3.66. The first-order chi connectivity index (χ1) is 8.40. The summed E-state index contributed by atoms with van der Waals surface area (Å²) in [5.41, 5.74) is 4.27. The van der Waals surface area contributed by atoms with Crippen LogP contribution in [0.25, 0.3) is 10.9 Å². The normalized spacial score (nSPS) is 18.4. The van der Waals surface area contributed by atoms with Crippen molar-refractivity contribution in [3.63, 3.8) is 0 Å². The number of rotatable bonds is 3. The van der Waals surface area contributed by atoms with E-state index in [-0.39, 0.29) is 12.4 Å². The van der Waals surface area contributed by atoms with Gasteiger partial charge < -0.3 is 10.3 Å². The fourth-order valence-electron chi connectivity index (χ4n) is 2.94. The van der Waals surface area contributed by atoms with Gasteiger partial charge in [-0.15, -0.1) is 12.4 Å². The van der Waals surface area contributed by atoms with E-state index in [1.807, 2.05) is 0 Å². The molecule has 0 amide bonds. The van der Waals surface area contributed by atoms with E-state index in [1.165, 1.54) is 42.3 Å². The minimum atomic E-state index is 0. The van der Waals surface area contributed by atoms with E-state index >= 15 is 0 Å². The molecule has 1 atom stereocenters. The highest BCUT2D eigenvalue weighted by atomic mass is 35.5. The van der Waals surface area contributed by atoms with E-state index < -0.39 is 0 Å². The Morgan fingerprint density at radius 3 is 3.00 bits per heavy atom. The van der Waals surface area contributed by atoms with E-state index in [0.29, 0.717) is 6.04 Å². The molecule has 1 aliphatic rings. The van der Waals surface area contributed by atoms with Crippen LogP contribution in [0, 0.1) is 0 Å². The molecule has 2 nitrogen and oxygen atoms in total. The molecule has 2 N–H and O–H groups in total. The minimum absolute atomic E-state index is 0. The van der Waals surface area contributed by atoms with Crippen LogP contribution >= 0.6 is 12.4 Å². The van der Waals surface area contributed by atoms with Crippen molar-refractivity contribution in [3.8, 4) is 0 Å². The van der Waals surface area contributed by atoms with Crippen LogP contribution in [-0.4, -0.2) is 11.5 Å². The molecule has 1 heterocycles. The van der Waals surface area contributed by atoms with Crippen LogP contribution in [0.15, 0.2) is 24.3 Å². The molecule has 0 fully saturated rings. The van der Waals surface area contributed by atoms with E-state index in [9.17, 15) is 0 Å². The highest BCUT2D eigenvalue weighted by molar-refractivity contribution is 5.85. The van der Waals surface area contributed by atoms with Gasteiger partial charge in [-0.2, -0.15) is 0 Å². The quantitative estimate of drug-likeness (QED) is 0.863. The highest BCUT2D eigenvalue weighted by Gasteiger charge is 2.23. The number of aromatic nitrogens is 1. The van der Waals surface area contributed by atoms with Crippen LogP contribution < -0.4 is 5.32 Å². The maximum Gasteiger partial charge on any atom is 0.0476 e. The minimum Gasteiger partial charge on any atom is -0.357 e. The number of aromatic amines is 1. The average molecular weight is 265 g/mol. The van der Waals surface area contributed by atoms with Gasteiger partial charge >= 0.3 is 0 Å². The molecule has 0 radical (unpaired) electrons. The van der Waals surface area contributed by atoms with Crippen molar-refractivity contribution < 1.29 is 0 Å². The van der Waals surface area contributed by atoms with Crippen LogP contribution in [-0.2, 0) is 6.42 Å². The summed E-state index contributed by atoms with van der Waals surface area (Å²) in [5, 5.41) is 5.08. The molecular weight excluding hydrogens is 244 g/mol. The summed E-state index contributed by atoms with van der Waals surface area (Å²) in [4.78, 5) is 3.61. The molecule has 18 heavy (non-hydrogen) atoms. The van der Waals surface area contributed by atoms with Gasteiger partial charge in [-0.1, -0.05) is 25.1 Å².